The summed E-state index contributed by atoms with van der Waals surface area (Å²) in [4.78, 5) is 24.7. The minimum Gasteiger partial charge on any atom is -0.508 e. The summed E-state index contributed by atoms with van der Waals surface area (Å²) in [7, 11) is 0. The average Bonchev–Trinajstić information content (AvgIpc) is 2.86. The summed E-state index contributed by atoms with van der Waals surface area (Å²) >= 11 is 0. The molecule has 3 aromatic rings. The molecule has 2 amide bonds. The molecule has 3 aromatic carbocycles. The Labute approximate surface area is 196 Å². The molecule has 0 spiro atoms. The number of hydroxylamine groups is 1. The van der Waals surface area contributed by atoms with Gasteiger partial charge in [0.25, 0.3) is 11.8 Å². The minimum atomic E-state index is -1.48. The maximum Gasteiger partial charge on any atom is 0.268 e. The van der Waals surface area contributed by atoms with Gasteiger partial charge in [0, 0.05) is 22.4 Å². The molecule has 170 valence electrons. The van der Waals surface area contributed by atoms with Gasteiger partial charge in [-0.2, -0.15) is 0 Å². The van der Waals surface area contributed by atoms with Gasteiger partial charge in [-0.1, -0.05) is 24.0 Å². The van der Waals surface area contributed by atoms with Crippen LogP contribution in [0, 0.1) is 23.7 Å². The molecule has 34 heavy (non-hydrogen) atoms. The summed E-state index contributed by atoms with van der Waals surface area (Å²) in [6.07, 6.45) is -1.47. The van der Waals surface area contributed by atoms with Gasteiger partial charge in [-0.25, -0.2) is 5.48 Å². The number of aliphatic hydroxyl groups excluding tert-OH is 1. The zero-order valence-corrected chi connectivity index (χ0v) is 17.8. The molecule has 8 heteroatoms. The molecule has 7 N–H and O–H groups in total. The van der Waals surface area contributed by atoms with E-state index in [1.807, 2.05) is 0 Å². The number of nitrogens with one attached hydrogen (secondary N) is 2. The van der Waals surface area contributed by atoms with Crippen LogP contribution < -0.4 is 16.5 Å². The summed E-state index contributed by atoms with van der Waals surface area (Å²) in [6.45, 7) is 0. The second-order valence-corrected chi connectivity index (χ2v) is 7.16. The van der Waals surface area contributed by atoms with E-state index in [4.69, 9.17) is 10.9 Å². The highest BCUT2D eigenvalue weighted by atomic mass is 16.5. The molecular weight excluding hydrogens is 434 g/mol. The van der Waals surface area contributed by atoms with Gasteiger partial charge in [-0.15, -0.1) is 0 Å². The van der Waals surface area contributed by atoms with Gasteiger partial charge >= 0.3 is 0 Å². The van der Waals surface area contributed by atoms with Crippen LogP contribution in [0.5, 0.6) is 5.75 Å². The molecule has 8 nitrogen and oxygen atoms in total. The second kappa shape index (κ2) is 11.2. The van der Waals surface area contributed by atoms with Crippen LogP contribution in [0.4, 0.5) is 5.69 Å². The Morgan fingerprint density at radius 1 is 0.824 bits per heavy atom. The number of amides is 2. The number of phenols is 1. The first-order valence-corrected chi connectivity index (χ1v) is 10.1. The van der Waals surface area contributed by atoms with Crippen molar-refractivity contribution < 1.29 is 25.0 Å². The molecule has 0 aliphatic rings. The number of nitrogens with two attached hydrogens (primary N) is 1. The third-order valence-corrected chi connectivity index (χ3v) is 4.76. The van der Waals surface area contributed by atoms with Gasteiger partial charge in [0.2, 0.25) is 0 Å². The Kier molecular flexibility index (Phi) is 7.88. The number of phenolic OH excluding ortho intramolecular Hbond substituents is 1. The van der Waals surface area contributed by atoms with Crippen molar-refractivity contribution in [3.8, 4) is 29.4 Å². The molecule has 0 aliphatic carbocycles. The van der Waals surface area contributed by atoms with E-state index in [1.165, 1.54) is 41.9 Å². The van der Waals surface area contributed by atoms with Gasteiger partial charge in [0.1, 0.15) is 17.9 Å². The van der Waals surface area contributed by atoms with Crippen LogP contribution in [0.1, 0.15) is 33.2 Å². The van der Waals surface area contributed by atoms with Crippen LogP contribution in [-0.2, 0) is 4.79 Å². The molecule has 0 aromatic heterocycles. The molecule has 2 atom stereocenters. The van der Waals surface area contributed by atoms with Crippen molar-refractivity contribution in [3.63, 3.8) is 0 Å². The molecule has 0 radical (unpaired) electrons. The molecule has 1 unspecified atom stereocenters. The highest BCUT2D eigenvalue weighted by molar-refractivity contribution is 5.97. The van der Waals surface area contributed by atoms with Crippen molar-refractivity contribution in [1.82, 2.24) is 10.8 Å². The predicted octanol–water partition coefficient (Wildman–Crippen LogP) is 1.71. The number of aliphatic hydroxyl groups is 1. The van der Waals surface area contributed by atoms with Gasteiger partial charge in [-0.3, -0.25) is 14.8 Å². The lowest BCUT2D eigenvalue weighted by Gasteiger charge is -2.22. The van der Waals surface area contributed by atoms with E-state index in [1.54, 1.807) is 36.4 Å². The average molecular weight is 455 g/mol. The lowest BCUT2D eigenvalue weighted by molar-refractivity contribution is -0.134. The first-order chi connectivity index (χ1) is 16.4. The van der Waals surface area contributed by atoms with E-state index in [2.05, 4.69) is 29.0 Å². The number of hydrogen-bond donors (Lipinski definition) is 6. The molecule has 0 bridgehead atoms. The fraction of sp³-hybridized carbons (Fsp3) is 0.0769. The number of aromatic hydroxyl groups is 1. The molecule has 3 rings (SSSR count). The van der Waals surface area contributed by atoms with Gasteiger partial charge < -0.3 is 21.3 Å². The molecule has 0 saturated heterocycles. The summed E-state index contributed by atoms with van der Waals surface area (Å²) in [6, 6.07) is 17.3. The standard InChI is InChI=1S/C26H21N3O5/c27-21-13-7-18(8-14-21)4-2-1-3-17-5-9-20(10-6-17)25(32)28-23(26(33)29-34)24(31)19-11-15-22(30)16-12-19/h5-16,23-24,30-31,34H,27H2,(H,28,32)(H,29,33)/t23-,24?/m0/s1. The smallest absolute Gasteiger partial charge is 0.268 e. The third-order valence-electron chi connectivity index (χ3n) is 4.76. The summed E-state index contributed by atoms with van der Waals surface area (Å²) < 4.78 is 0. The number of nitrogen functional groups attached to an aromatic ring is 1. The van der Waals surface area contributed by atoms with Gasteiger partial charge in [0.15, 0.2) is 0 Å². The summed E-state index contributed by atoms with van der Waals surface area (Å²) in [5.74, 6) is 9.56. The fourth-order valence-electron chi connectivity index (χ4n) is 2.92. The maximum atomic E-state index is 12.6. The number of anilines is 1. The third kappa shape index (κ3) is 6.38. The molecule has 0 aliphatic heterocycles. The lowest BCUT2D eigenvalue weighted by atomic mass is 10.0. The lowest BCUT2D eigenvalue weighted by Crippen LogP contribution is -2.49. The molecule has 0 heterocycles. The second-order valence-electron chi connectivity index (χ2n) is 7.16. The first-order valence-electron chi connectivity index (χ1n) is 10.1. The zero-order chi connectivity index (χ0) is 24.5. The topological polar surface area (TPSA) is 145 Å². The van der Waals surface area contributed by atoms with E-state index in [9.17, 15) is 19.8 Å². The van der Waals surface area contributed by atoms with Gasteiger partial charge in [0.05, 0.1) is 0 Å². The minimum absolute atomic E-state index is 0.0254. The Balaban J connectivity index is 1.68. The number of carbonyl (C=O) groups excluding carboxylic acids is 2. The highest BCUT2D eigenvalue weighted by Gasteiger charge is 2.30. The van der Waals surface area contributed by atoms with E-state index < -0.39 is 24.0 Å². The summed E-state index contributed by atoms with van der Waals surface area (Å²) in [5.41, 5.74) is 9.60. The highest BCUT2D eigenvalue weighted by Crippen LogP contribution is 2.20. The largest absolute Gasteiger partial charge is 0.508 e. The number of benzene rings is 3. The SMILES string of the molecule is Nc1ccc(C#CC#Cc2ccc(C(=O)N[C@H](C(=O)NO)C(O)c3ccc(O)cc3)cc2)cc1. The maximum absolute atomic E-state index is 12.6. The molecular formula is C26H21N3O5. The van der Waals surface area contributed by atoms with Crippen LogP contribution in [0.15, 0.2) is 72.8 Å². The number of hydrogen-bond acceptors (Lipinski definition) is 6. The first kappa shape index (κ1) is 23.9. The fourth-order valence-corrected chi connectivity index (χ4v) is 2.92. The number of rotatable bonds is 5. The Hall–Kier alpha value is -4.76. The van der Waals surface area contributed by atoms with Crippen molar-refractivity contribution in [2.45, 2.75) is 12.1 Å². The van der Waals surface area contributed by atoms with Crippen molar-refractivity contribution >= 4 is 17.5 Å². The Bertz CT molecular complexity index is 1280. The Morgan fingerprint density at radius 2 is 1.35 bits per heavy atom. The van der Waals surface area contributed by atoms with E-state index in [-0.39, 0.29) is 16.9 Å². The van der Waals surface area contributed by atoms with E-state index >= 15 is 0 Å². The van der Waals surface area contributed by atoms with Crippen molar-refractivity contribution in [3.05, 3.63) is 95.1 Å². The van der Waals surface area contributed by atoms with Crippen molar-refractivity contribution in [2.24, 2.45) is 0 Å². The van der Waals surface area contributed by atoms with Crippen LogP contribution in [-0.4, -0.2) is 33.3 Å². The predicted molar refractivity (Wildman–Crippen MR) is 125 cm³/mol. The van der Waals surface area contributed by atoms with Crippen LogP contribution in [0.2, 0.25) is 0 Å². The monoisotopic (exact) mass is 455 g/mol. The van der Waals surface area contributed by atoms with Crippen LogP contribution >= 0.6 is 0 Å². The molecule has 0 saturated carbocycles. The zero-order valence-electron chi connectivity index (χ0n) is 17.8. The normalized spacial score (nSPS) is 11.6. The van der Waals surface area contributed by atoms with Crippen LogP contribution in [0.3, 0.4) is 0 Å². The van der Waals surface area contributed by atoms with E-state index in [0.717, 1.165) is 5.56 Å². The number of carbonyl (C=O) groups is 2. The Morgan fingerprint density at radius 3 is 1.88 bits per heavy atom. The van der Waals surface area contributed by atoms with Gasteiger partial charge in [-0.05, 0) is 78.1 Å². The van der Waals surface area contributed by atoms with Crippen LogP contribution in [0.25, 0.3) is 0 Å². The van der Waals surface area contributed by atoms with Crippen molar-refractivity contribution in [2.75, 3.05) is 5.73 Å². The quantitative estimate of drug-likeness (QED) is 0.150. The molecule has 0 fully saturated rings. The summed E-state index contributed by atoms with van der Waals surface area (Å²) in [5, 5.41) is 31.3. The van der Waals surface area contributed by atoms with Crippen molar-refractivity contribution in [1.29, 1.82) is 0 Å². The van der Waals surface area contributed by atoms with E-state index in [0.29, 0.717) is 11.3 Å².